The summed E-state index contributed by atoms with van der Waals surface area (Å²) in [6.07, 6.45) is 7.88. The predicted octanol–water partition coefficient (Wildman–Crippen LogP) is 4.74. The van der Waals surface area contributed by atoms with Gasteiger partial charge in [-0.15, -0.1) is 0 Å². The molecule has 2 aliphatic rings. The lowest BCUT2D eigenvalue weighted by molar-refractivity contribution is -0.384. The summed E-state index contributed by atoms with van der Waals surface area (Å²) < 4.78 is 5.72. The summed E-state index contributed by atoms with van der Waals surface area (Å²) >= 11 is 0. The molecule has 0 unspecified atom stereocenters. The molecule has 2 aromatic heterocycles. The number of carbonyl (C=O) groups excluding carboxylic acids is 1. The van der Waals surface area contributed by atoms with Crippen LogP contribution in [0.5, 0.6) is 0 Å². The number of anilines is 2. The zero-order valence-corrected chi connectivity index (χ0v) is 21.2. The van der Waals surface area contributed by atoms with Gasteiger partial charge in [0.2, 0.25) is 5.95 Å². The molecule has 0 bridgehead atoms. The molecule has 5 rings (SSSR count). The van der Waals surface area contributed by atoms with E-state index in [4.69, 9.17) is 14.4 Å². The van der Waals surface area contributed by atoms with Gasteiger partial charge >= 0.3 is 0 Å². The Morgan fingerprint density at radius 3 is 2.57 bits per heavy atom. The van der Waals surface area contributed by atoms with E-state index in [9.17, 15) is 14.9 Å². The van der Waals surface area contributed by atoms with Gasteiger partial charge in [-0.3, -0.25) is 14.9 Å². The van der Waals surface area contributed by atoms with Gasteiger partial charge in [0.1, 0.15) is 11.6 Å². The number of nitrogens with one attached hydrogen (secondary N) is 2. The van der Waals surface area contributed by atoms with Gasteiger partial charge in [-0.1, -0.05) is 12.1 Å². The minimum atomic E-state index is -0.454. The topological polar surface area (TPSA) is 126 Å². The molecule has 1 amide bonds. The summed E-state index contributed by atoms with van der Waals surface area (Å²) in [5, 5.41) is 17.7. The molecular weight excluding hydrogens is 472 g/mol. The van der Waals surface area contributed by atoms with Crippen LogP contribution in [0.1, 0.15) is 60.3 Å². The second-order valence-electron chi connectivity index (χ2n) is 10.0. The third-order valence-electron chi connectivity index (χ3n) is 7.15. The molecule has 2 aliphatic carbocycles. The van der Waals surface area contributed by atoms with Gasteiger partial charge in [0.15, 0.2) is 5.76 Å². The Morgan fingerprint density at radius 1 is 1.05 bits per heavy atom. The highest BCUT2D eigenvalue weighted by atomic mass is 16.6. The van der Waals surface area contributed by atoms with Crippen molar-refractivity contribution in [3.63, 3.8) is 0 Å². The molecule has 1 saturated carbocycles. The number of fused-ring (bicyclic) bond motifs is 1. The summed E-state index contributed by atoms with van der Waals surface area (Å²) in [6.45, 7) is 0. The molecule has 1 aromatic carbocycles. The number of nitro benzene ring substituents is 1. The Morgan fingerprint density at radius 2 is 1.81 bits per heavy atom. The van der Waals surface area contributed by atoms with Crippen molar-refractivity contribution in [2.45, 2.75) is 63.5 Å². The number of carbonyl (C=O) groups is 1. The average Bonchev–Trinajstić information content (AvgIpc) is 3.40. The first-order valence-corrected chi connectivity index (χ1v) is 12.9. The molecule has 0 radical (unpaired) electrons. The van der Waals surface area contributed by atoms with E-state index in [1.54, 1.807) is 24.3 Å². The van der Waals surface area contributed by atoms with Gasteiger partial charge < -0.3 is 20.0 Å². The average molecular weight is 505 g/mol. The van der Waals surface area contributed by atoms with E-state index in [-0.39, 0.29) is 29.4 Å². The van der Waals surface area contributed by atoms with Crippen LogP contribution in [0.25, 0.3) is 11.3 Å². The Balaban J connectivity index is 1.17. The van der Waals surface area contributed by atoms with Crippen LogP contribution in [0.3, 0.4) is 0 Å². The number of amides is 1. The summed E-state index contributed by atoms with van der Waals surface area (Å²) in [7, 11) is 4.06. The molecule has 3 aromatic rings. The standard InChI is InChI=1S/C27H32N6O4/c1-32(2)25-21-8-3-4-9-22(21)30-27(31-25)29-19-12-10-18(11-13-19)28-26(34)24-15-14-23(37-24)17-6-5-7-20(16-17)33(35)36/h5-7,14-16,18-19H,3-4,8-13H2,1-2H3,(H,28,34)(H,29,30,31). The Labute approximate surface area is 215 Å². The van der Waals surface area contributed by atoms with Crippen LogP contribution >= 0.6 is 0 Å². The molecule has 10 heteroatoms. The lowest BCUT2D eigenvalue weighted by Crippen LogP contribution is -2.40. The van der Waals surface area contributed by atoms with E-state index in [2.05, 4.69) is 15.5 Å². The van der Waals surface area contributed by atoms with Crippen LogP contribution in [0.2, 0.25) is 0 Å². The Hall–Kier alpha value is -3.95. The quantitative estimate of drug-likeness (QED) is 0.349. The highest BCUT2D eigenvalue weighted by Gasteiger charge is 2.26. The number of rotatable bonds is 7. The smallest absolute Gasteiger partial charge is 0.287 e. The fourth-order valence-electron chi connectivity index (χ4n) is 5.22. The molecule has 2 N–H and O–H groups in total. The van der Waals surface area contributed by atoms with Crippen molar-refractivity contribution < 1.29 is 14.1 Å². The molecule has 10 nitrogen and oxygen atoms in total. The molecule has 2 heterocycles. The van der Waals surface area contributed by atoms with Gasteiger partial charge in [-0.05, 0) is 63.5 Å². The Bertz CT molecular complexity index is 1300. The monoisotopic (exact) mass is 504 g/mol. The number of aryl methyl sites for hydroxylation is 1. The number of hydrogen-bond acceptors (Lipinski definition) is 8. The van der Waals surface area contributed by atoms with Crippen LogP contribution in [0, 0.1) is 10.1 Å². The maximum atomic E-state index is 12.8. The third kappa shape index (κ3) is 5.58. The van der Waals surface area contributed by atoms with Crippen LogP contribution in [0.4, 0.5) is 17.5 Å². The van der Waals surface area contributed by atoms with Crippen LogP contribution in [-0.2, 0) is 12.8 Å². The zero-order chi connectivity index (χ0) is 25.9. The van der Waals surface area contributed by atoms with Crippen LogP contribution in [0.15, 0.2) is 40.8 Å². The first kappa shape index (κ1) is 24.7. The first-order chi connectivity index (χ1) is 17.9. The van der Waals surface area contributed by atoms with Crippen LogP contribution in [-0.4, -0.2) is 47.0 Å². The number of nitro groups is 1. The van der Waals surface area contributed by atoms with Gasteiger partial charge in [-0.25, -0.2) is 4.98 Å². The second kappa shape index (κ2) is 10.6. The van der Waals surface area contributed by atoms with Crippen molar-refractivity contribution in [3.05, 3.63) is 63.5 Å². The number of benzene rings is 1. The fourth-order valence-corrected chi connectivity index (χ4v) is 5.22. The minimum Gasteiger partial charge on any atom is -0.451 e. The highest BCUT2D eigenvalue weighted by molar-refractivity contribution is 5.92. The first-order valence-electron chi connectivity index (χ1n) is 12.9. The van der Waals surface area contributed by atoms with E-state index in [0.717, 1.165) is 50.0 Å². The normalized spacial score (nSPS) is 19.1. The van der Waals surface area contributed by atoms with Gasteiger partial charge in [0.05, 0.1) is 10.6 Å². The highest BCUT2D eigenvalue weighted by Crippen LogP contribution is 2.30. The van der Waals surface area contributed by atoms with Crippen molar-refractivity contribution in [3.8, 4) is 11.3 Å². The van der Waals surface area contributed by atoms with Gasteiger partial charge in [-0.2, -0.15) is 4.98 Å². The molecular formula is C27H32N6O4. The maximum absolute atomic E-state index is 12.8. The van der Waals surface area contributed by atoms with Crippen molar-refractivity contribution in [2.75, 3.05) is 24.3 Å². The summed E-state index contributed by atoms with van der Waals surface area (Å²) in [5.74, 6) is 2.04. The van der Waals surface area contributed by atoms with Crippen molar-refractivity contribution >= 4 is 23.4 Å². The lowest BCUT2D eigenvalue weighted by Gasteiger charge is -2.30. The minimum absolute atomic E-state index is 0.0241. The second-order valence-corrected chi connectivity index (χ2v) is 10.0. The molecule has 0 spiro atoms. The zero-order valence-electron chi connectivity index (χ0n) is 21.2. The summed E-state index contributed by atoms with van der Waals surface area (Å²) in [4.78, 5) is 35.1. The van der Waals surface area contributed by atoms with E-state index < -0.39 is 4.92 Å². The van der Waals surface area contributed by atoms with E-state index in [1.165, 1.54) is 30.5 Å². The largest absolute Gasteiger partial charge is 0.451 e. The van der Waals surface area contributed by atoms with Crippen LogP contribution < -0.4 is 15.5 Å². The van der Waals surface area contributed by atoms with E-state index in [0.29, 0.717) is 17.3 Å². The molecule has 37 heavy (non-hydrogen) atoms. The number of non-ortho nitro benzene ring substituents is 1. The molecule has 194 valence electrons. The Kier molecular flexibility index (Phi) is 7.07. The predicted molar refractivity (Wildman–Crippen MR) is 141 cm³/mol. The van der Waals surface area contributed by atoms with Gasteiger partial charge in [0, 0.05) is 49.4 Å². The molecule has 0 aliphatic heterocycles. The number of nitrogens with zero attached hydrogens (tertiary/aromatic N) is 4. The number of aromatic nitrogens is 2. The van der Waals surface area contributed by atoms with Gasteiger partial charge in [0.25, 0.3) is 11.6 Å². The summed E-state index contributed by atoms with van der Waals surface area (Å²) in [5.41, 5.74) is 2.97. The number of furan rings is 1. The number of hydrogen-bond donors (Lipinski definition) is 2. The molecule has 1 fully saturated rings. The third-order valence-corrected chi connectivity index (χ3v) is 7.15. The molecule has 0 atom stereocenters. The van der Waals surface area contributed by atoms with Crippen molar-refractivity contribution in [1.29, 1.82) is 0 Å². The van der Waals surface area contributed by atoms with E-state index in [1.807, 2.05) is 14.1 Å². The molecule has 0 saturated heterocycles. The van der Waals surface area contributed by atoms with Crippen molar-refractivity contribution in [1.82, 2.24) is 15.3 Å². The maximum Gasteiger partial charge on any atom is 0.287 e. The van der Waals surface area contributed by atoms with Crippen molar-refractivity contribution in [2.24, 2.45) is 0 Å². The fraction of sp³-hybridized carbons (Fsp3) is 0.444. The SMILES string of the molecule is CN(C)c1nc(NC2CCC(NC(=O)c3ccc(-c4cccc([N+](=O)[O-])c4)o3)CC2)nc2c1CCCC2. The van der Waals surface area contributed by atoms with E-state index >= 15 is 0 Å². The lowest BCUT2D eigenvalue weighted by atomic mass is 9.91. The summed E-state index contributed by atoms with van der Waals surface area (Å²) in [6, 6.07) is 9.75.